The van der Waals surface area contributed by atoms with Crippen LogP contribution in [0.4, 0.5) is 20.2 Å². The monoisotopic (exact) mass is 246 g/mol. The predicted molar refractivity (Wildman–Crippen MR) is 62.0 cm³/mol. The zero-order valence-corrected chi connectivity index (χ0v) is 9.63. The number of nitrogen functional groups attached to an aromatic ring is 1. The Balaban J connectivity index is 2.36. The van der Waals surface area contributed by atoms with Crippen molar-refractivity contribution in [3.05, 3.63) is 23.8 Å². The average molecular weight is 246 g/mol. The van der Waals surface area contributed by atoms with Crippen LogP contribution in [0.2, 0.25) is 0 Å². The molecular weight excluding hydrogens is 230 g/mol. The minimum Gasteiger partial charge on any atom is -0.395 e. The lowest BCUT2D eigenvalue weighted by molar-refractivity contribution is 0.0759. The van der Waals surface area contributed by atoms with Crippen molar-refractivity contribution < 1.29 is 18.3 Å². The number of hydrogen-bond acceptors (Lipinski definition) is 4. The molecule has 17 heavy (non-hydrogen) atoms. The highest BCUT2D eigenvalue weighted by Gasteiger charge is 2.07. The average Bonchev–Trinajstić information content (AvgIpc) is 2.29. The van der Waals surface area contributed by atoms with Gasteiger partial charge in [0.2, 0.25) is 0 Å². The Morgan fingerprint density at radius 3 is 2.71 bits per heavy atom. The van der Waals surface area contributed by atoms with Crippen LogP contribution in [0.3, 0.4) is 0 Å². The zero-order valence-electron chi connectivity index (χ0n) is 9.63. The van der Waals surface area contributed by atoms with E-state index in [1.165, 1.54) is 0 Å². The first-order chi connectivity index (χ1) is 8.15. The number of nitrogens with two attached hydrogens (primary N) is 1. The Hall–Kier alpha value is -1.40. The van der Waals surface area contributed by atoms with Gasteiger partial charge >= 0.3 is 0 Å². The molecule has 1 aromatic rings. The normalized spacial score (nSPS) is 10.5. The summed E-state index contributed by atoms with van der Waals surface area (Å²) in [6.45, 7) is 1.81. The Morgan fingerprint density at radius 2 is 2.00 bits per heavy atom. The van der Waals surface area contributed by atoms with E-state index in [9.17, 15) is 8.78 Å². The third-order valence-electron chi connectivity index (χ3n) is 2.09. The van der Waals surface area contributed by atoms with Gasteiger partial charge in [0.25, 0.3) is 0 Å². The summed E-state index contributed by atoms with van der Waals surface area (Å²) in [6.07, 6.45) is 0. The highest BCUT2D eigenvalue weighted by atomic mass is 19.1. The van der Waals surface area contributed by atoms with Crippen molar-refractivity contribution in [1.29, 1.82) is 0 Å². The number of hydrogen-bond donors (Lipinski definition) is 2. The number of nitrogens with one attached hydrogen (secondary N) is 1. The maximum atomic E-state index is 13.1. The summed E-state index contributed by atoms with van der Waals surface area (Å²) in [5, 5.41) is 2.80. The minimum atomic E-state index is -0.771. The lowest BCUT2D eigenvalue weighted by atomic mass is 10.2. The number of benzene rings is 1. The molecule has 0 aliphatic carbocycles. The Morgan fingerprint density at radius 1 is 1.24 bits per heavy atom. The molecule has 1 rings (SSSR count). The van der Waals surface area contributed by atoms with Gasteiger partial charge in [-0.15, -0.1) is 0 Å². The fraction of sp³-hybridized carbons (Fsp3) is 0.455. The molecule has 4 nitrogen and oxygen atoms in total. The van der Waals surface area contributed by atoms with Gasteiger partial charge in [0.1, 0.15) is 5.82 Å². The van der Waals surface area contributed by atoms with E-state index in [1.54, 1.807) is 7.11 Å². The molecule has 0 saturated heterocycles. The van der Waals surface area contributed by atoms with E-state index in [0.29, 0.717) is 26.4 Å². The third-order valence-corrected chi connectivity index (χ3v) is 2.09. The van der Waals surface area contributed by atoms with Crippen LogP contribution in [0.15, 0.2) is 12.1 Å². The van der Waals surface area contributed by atoms with Crippen molar-refractivity contribution >= 4 is 11.4 Å². The van der Waals surface area contributed by atoms with Crippen molar-refractivity contribution in [2.24, 2.45) is 0 Å². The van der Waals surface area contributed by atoms with Crippen molar-refractivity contribution in [1.82, 2.24) is 0 Å². The molecule has 6 heteroatoms. The van der Waals surface area contributed by atoms with E-state index in [4.69, 9.17) is 15.2 Å². The van der Waals surface area contributed by atoms with Crippen LogP contribution in [-0.2, 0) is 9.47 Å². The molecule has 3 N–H and O–H groups in total. The van der Waals surface area contributed by atoms with Gasteiger partial charge in [0.05, 0.1) is 31.2 Å². The molecule has 0 spiro atoms. The van der Waals surface area contributed by atoms with E-state index in [2.05, 4.69) is 5.32 Å². The largest absolute Gasteiger partial charge is 0.395 e. The van der Waals surface area contributed by atoms with Gasteiger partial charge in [-0.3, -0.25) is 0 Å². The maximum absolute atomic E-state index is 13.1. The topological polar surface area (TPSA) is 56.5 Å². The highest BCUT2D eigenvalue weighted by Crippen LogP contribution is 2.22. The highest BCUT2D eigenvalue weighted by molar-refractivity contribution is 5.66. The zero-order chi connectivity index (χ0) is 12.7. The summed E-state index contributed by atoms with van der Waals surface area (Å²) in [5.41, 5.74) is 5.59. The second kappa shape index (κ2) is 7.03. The van der Waals surface area contributed by atoms with Crippen LogP contribution in [0.25, 0.3) is 0 Å². The van der Waals surface area contributed by atoms with Crippen molar-refractivity contribution in [3.63, 3.8) is 0 Å². The fourth-order valence-electron chi connectivity index (χ4n) is 1.23. The van der Waals surface area contributed by atoms with E-state index in [-0.39, 0.29) is 11.4 Å². The molecule has 0 amide bonds. The van der Waals surface area contributed by atoms with Crippen LogP contribution < -0.4 is 11.1 Å². The SMILES string of the molecule is COCCOCCNc1cc(F)cc(F)c1N. The first kappa shape index (κ1) is 13.7. The summed E-state index contributed by atoms with van der Waals surface area (Å²) >= 11 is 0. The lowest BCUT2D eigenvalue weighted by Crippen LogP contribution is -2.13. The van der Waals surface area contributed by atoms with E-state index in [0.717, 1.165) is 12.1 Å². The summed E-state index contributed by atoms with van der Waals surface area (Å²) in [4.78, 5) is 0. The first-order valence-corrected chi connectivity index (χ1v) is 5.20. The van der Waals surface area contributed by atoms with Gasteiger partial charge in [-0.05, 0) is 6.07 Å². The first-order valence-electron chi connectivity index (χ1n) is 5.20. The predicted octanol–water partition coefficient (Wildman–Crippen LogP) is 1.62. The minimum absolute atomic E-state index is 0.0942. The van der Waals surface area contributed by atoms with E-state index in [1.807, 2.05) is 0 Å². The summed E-state index contributed by atoms with van der Waals surface area (Å²) in [6, 6.07) is 1.89. The molecule has 1 aromatic carbocycles. The molecule has 0 bridgehead atoms. The number of halogens is 2. The van der Waals surface area contributed by atoms with Gasteiger partial charge in [-0.25, -0.2) is 8.78 Å². The molecule has 0 saturated carbocycles. The Bertz CT molecular complexity index is 362. The molecule has 0 aliphatic rings. The lowest BCUT2D eigenvalue weighted by Gasteiger charge is -2.10. The van der Waals surface area contributed by atoms with Crippen LogP contribution in [0.5, 0.6) is 0 Å². The molecule has 0 aliphatic heterocycles. The van der Waals surface area contributed by atoms with Crippen LogP contribution in [-0.4, -0.2) is 33.5 Å². The van der Waals surface area contributed by atoms with Crippen molar-refractivity contribution in [3.8, 4) is 0 Å². The molecule has 0 atom stereocenters. The number of rotatable bonds is 7. The van der Waals surface area contributed by atoms with Gasteiger partial charge < -0.3 is 20.5 Å². The molecule has 0 fully saturated rings. The summed E-state index contributed by atoms with van der Waals surface area (Å²) in [7, 11) is 1.58. The van der Waals surface area contributed by atoms with Crippen LogP contribution >= 0.6 is 0 Å². The number of methoxy groups -OCH3 is 1. The van der Waals surface area contributed by atoms with Crippen molar-refractivity contribution in [2.45, 2.75) is 0 Å². The molecular formula is C11H16F2N2O2. The number of anilines is 2. The summed E-state index contributed by atoms with van der Waals surface area (Å²) in [5.74, 6) is -1.44. The number of ether oxygens (including phenoxy) is 2. The Labute approximate surface area is 98.7 Å². The second-order valence-corrected chi connectivity index (χ2v) is 3.38. The second-order valence-electron chi connectivity index (χ2n) is 3.38. The third kappa shape index (κ3) is 4.54. The molecule has 96 valence electrons. The quantitative estimate of drug-likeness (QED) is 0.567. The van der Waals surface area contributed by atoms with Crippen LogP contribution in [0, 0.1) is 11.6 Å². The van der Waals surface area contributed by atoms with E-state index >= 15 is 0 Å². The van der Waals surface area contributed by atoms with Gasteiger partial charge in [0.15, 0.2) is 5.82 Å². The Kier molecular flexibility index (Phi) is 5.65. The van der Waals surface area contributed by atoms with E-state index < -0.39 is 11.6 Å². The standard InChI is InChI=1S/C11H16F2N2O2/c1-16-4-5-17-3-2-15-10-7-8(12)6-9(13)11(10)14/h6-7,15H,2-5,14H2,1H3. The molecule has 0 radical (unpaired) electrons. The van der Waals surface area contributed by atoms with Gasteiger partial charge in [-0.1, -0.05) is 0 Å². The fourth-order valence-corrected chi connectivity index (χ4v) is 1.23. The smallest absolute Gasteiger partial charge is 0.151 e. The van der Waals surface area contributed by atoms with Gasteiger partial charge in [0, 0.05) is 19.7 Å². The molecule has 0 unspecified atom stereocenters. The molecule has 0 aromatic heterocycles. The maximum Gasteiger partial charge on any atom is 0.151 e. The van der Waals surface area contributed by atoms with Crippen molar-refractivity contribution in [2.75, 3.05) is 44.5 Å². The summed E-state index contributed by atoms with van der Waals surface area (Å²) < 4.78 is 35.9. The van der Waals surface area contributed by atoms with Gasteiger partial charge in [-0.2, -0.15) is 0 Å². The molecule has 0 heterocycles. The van der Waals surface area contributed by atoms with Crippen LogP contribution in [0.1, 0.15) is 0 Å².